The largest absolute Gasteiger partial charge is 0.481 e. The lowest BCUT2D eigenvalue weighted by molar-refractivity contribution is -0.127. The van der Waals surface area contributed by atoms with E-state index >= 15 is 0 Å². The van der Waals surface area contributed by atoms with Crippen LogP contribution >= 0.6 is 0 Å². The van der Waals surface area contributed by atoms with Crippen molar-refractivity contribution in [3.05, 3.63) is 71.9 Å². The zero-order valence-electron chi connectivity index (χ0n) is 13.9. The van der Waals surface area contributed by atoms with Crippen LogP contribution in [0, 0.1) is 11.6 Å². The highest BCUT2D eigenvalue weighted by Gasteiger charge is 2.16. The predicted molar refractivity (Wildman–Crippen MR) is 90.2 cm³/mol. The number of hydrogen-bond acceptors (Lipinski definition) is 4. The molecule has 7 heteroatoms. The first kappa shape index (κ1) is 17.6. The Morgan fingerprint density at radius 2 is 1.96 bits per heavy atom. The van der Waals surface area contributed by atoms with E-state index in [0.29, 0.717) is 11.4 Å². The van der Waals surface area contributed by atoms with E-state index in [-0.39, 0.29) is 23.8 Å². The van der Waals surface area contributed by atoms with Crippen molar-refractivity contribution in [1.29, 1.82) is 0 Å². The maximum atomic E-state index is 13.8. The number of ether oxygens (including phenoxy) is 1. The van der Waals surface area contributed by atoms with Gasteiger partial charge in [0, 0.05) is 12.1 Å². The Morgan fingerprint density at radius 1 is 1.19 bits per heavy atom. The van der Waals surface area contributed by atoms with Gasteiger partial charge in [0.1, 0.15) is 23.1 Å². The number of carbonyl (C=O) groups is 1. The van der Waals surface area contributed by atoms with Gasteiger partial charge in [-0.3, -0.25) is 4.79 Å². The lowest BCUT2D eigenvalue weighted by Crippen LogP contribution is -2.35. The Labute approximate surface area is 148 Å². The summed E-state index contributed by atoms with van der Waals surface area (Å²) >= 11 is 0. The highest BCUT2D eigenvalue weighted by molar-refractivity contribution is 5.80. The topological polar surface area (TPSA) is 64.4 Å². The number of halogens is 2. The molecule has 0 fully saturated rings. The molecule has 0 aliphatic carbocycles. The van der Waals surface area contributed by atoms with Crippen LogP contribution in [-0.2, 0) is 11.3 Å². The van der Waals surface area contributed by atoms with Gasteiger partial charge in [-0.2, -0.15) is 0 Å². The quantitative estimate of drug-likeness (QED) is 0.730. The molecule has 3 aromatic rings. The smallest absolute Gasteiger partial charge is 0.261 e. The number of rotatable bonds is 6. The van der Waals surface area contributed by atoms with Crippen molar-refractivity contribution in [3.63, 3.8) is 0 Å². The number of carbonyl (C=O) groups excluding carboxylic acids is 1. The van der Waals surface area contributed by atoms with Gasteiger partial charge in [0.15, 0.2) is 11.9 Å². The Morgan fingerprint density at radius 3 is 2.69 bits per heavy atom. The number of benzene rings is 2. The summed E-state index contributed by atoms with van der Waals surface area (Å²) in [6.07, 6.45) is -0.696. The molecule has 1 aromatic heterocycles. The average molecular weight is 358 g/mol. The van der Waals surface area contributed by atoms with E-state index in [1.165, 1.54) is 12.1 Å². The first-order valence-corrected chi connectivity index (χ1v) is 7.93. The minimum Gasteiger partial charge on any atom is -0.481 e. The van der Waals surface area contributed by atoms with Gasteiger partial charge in [-0.15, -0.1) is 0 Å². The van der Waals surface area contributed by atoms with Crippen LogP contribution in [0.3, 0.4) is 0 Å². The fourth-order valence-electron chi connectivity index (χ4n) is 2.29. The van der Waals surface area contributed by atoms with Crippen LogP contribution < -0.4 is 10.1 Å². The molecule has 134 valence electrons. The highest BCUT2D eigenvalue weighted by Crippen LogP contribution is 2.24. The molecule has 1 N–H and O–H groups in total. The maximum absolute atomic E-state index is 13.8. The molecule has 1 atom stereocenters. The second-order valence-corrected chi connectivity index (χ2v) is 5.60. The molecule has 3 rings (SSSR count). The molecule has 0 spiro atoms. The average Bonchev–Trinajstić information content (AvgIpc) is 3.09. The van der Waals surface area contributed by atoms with Crippen molar-refractivity contribution >= 4 is 5.91 Å². The van der Waals surface area contributed by atoms with E-state index in [1.54, 1.807) is 19.1 Å². The number of aromatic nitrogens is 1. The minimum atomic E-state index is -0.749. The molecular formula is C19H16F2N2O3. The summed E-state index contributed by atoms with van der Waals surface area (Å²) in [5.74, 6) is -1.01. The van der Waals surface area contributed by atoms with Crippen molar-refractivity contribution in [2.24, 2.45) is 0 Å². The summed E-state index contributed by atoms with van der Waals surface area (Å²) in [4.78, 5) is 12.1. The summed E-state index contributed by atoms with van der Waals surface area (Å²) in [7, 11) is 0. The van der Waals surface area contributed by atoms with Gasteiger partial charge in [0.25, 0.3) is 5.91 Å². The zero-order valence-corrected chi connectivity index (χ0v) is 13.9. The van der Waals surface area contributed by atoms with Crippen molar-refractivity contribution < 1.29 is 22.8 Å². The highest BCUT2D eigenvalue weighted by atomic mass is 19.1. The van der Waals surface area contributed by atoms with Crippen molar-refractivity contribution in [3.8, 4) is 17.1 Å². The molecule has 0 aliphatic heterocycles. The third-order valence-electron chi connectivity index (χ3n) is 3.62. The lowest BCUT2D eigenvalue weighted by Gasteiger charge is -2.13. The Balaban J connectivity index is 1.58. The number of hydrogen-bond donors (Lipinski definition) is 1. The van der Waals surface area contributed by atoms with Gasteiger partial charge in [-0.25, -0.2) is 8.78 Å². The van der Waals surface area contributed by atoms with Gasteiger partial charge >= 0.3 is 0 Å². The fourth-order valence-corrected chi connectivity index (χ4v) is 2.29. The summed E-state index contributed by atoms with van der Waals surface area (Å²) in [5.41, 5.74) is 0.501. The van der Waals surface area contributed by atoms with Crippen LogP contribution in [0.2, 0.25) is 0 Å². The predicted octanol–water partition coefficient (Wildman–Crippen LogP) is 3.70. The zero-order chi connectivity index (χ0) is 18.5. The van der Waals surface area contributed by atoms with Crippen LogP contribution in [-0.4, -0.2) is 17.2 Å². The van der Waals surface area contributed by atoms with E-state index in [4.69, 9.17) is 9.26 Å². The van der Waals surface area contributed by atoms with Crippen LogP contribution in [0.5, 0.6) is 5.75 Å². The molecule has 1 amide bonds. The number of nitrogens with zero attached hydrogens (tertiary/aromatic N) is 1. The first-order valence-electron chi connectivity index (χ1n) is 7.93. The Bertz CT molecular complexity index is 897. The normalized spacial score (nSPS) is 11.8. The van der Waals surface area contributed by atoms with E-state index in [0.717, 1.165) is 12.1 Å². The molecule has 26 heavy (non-hydrogen) atoms. The second kappa shape index (κ2) is 7.77. The van der Waals surface area contributed by atoms with E-state index < -0.39 is 17.7 Å². The molecular weight excluding hydrogens is 342 g/mol. The summed E-state index contributed by atoms with van der Waals surface area (Å²) in [6, 6.07) is 13.6. The van der Waals surface area contributed by atoms with Crippen LogP contribution in [0.4, 0.5) is 8.78 Å². The molecule has 2 aromatic carbocycles. The van der Waals surface area contributed by atoms with Gasteiger partial charge in [0.2, 0.25) is 0 Å². The van der Waals surface area contributed by atoms with Crippen LogP contribution in [0.1, 0.15) is 12.6 Å². The van der Waals surface area contributed by atoms with Crippen LogP contribution in [0.25, 0.3) is 11.3 Å². The molecule has 1 heterocycles. The molecule has 0 bridgehead atoms. The fraction of sp³-hybridized carbons (Fsp3) is 0.158. The number of para-hydroxylation sites is 1. The van der Waals surface area contributed by atoms with Crippen molar-refractivity contribution in [2.45, 2.75) is 19.6 Å². The van der Waals surface area contributed by atoms with Gasteiger partial charge in [-0.05, 0) is 31.2 Å². The SMILES string of the molecule is C[C@@H](Oc1ccccc1)C(=O)NCc1cc(-c2ccc(F)cc2F)on1. The molecule has 0 saturated carbocycles. The molecule has 0 saturated heterocycles. The van der Waals surface area contributed by atoms with Crippen molar-refractivity contribution in [2.75, 3.05) is 0 Å². The van der Waals surface area contributed by atoms with Crippen molar-refractivity contribution in [1.82, 2.24) is 10.5 Å². The monoisotopic (exact) mass is 358 g/mol. The summed E-state index contributed by atoms with van der Waals surface area (Å²) in [5, 5.41) is 6.45. The second-order valence-electron chi connectivity index (χ2n) is 5.60. The van der Waals surface area contributed by atoms with E-state index in [2.05, 4.69) is 10.5 Å². The van der Waals surface area contributed by atoms with Gasteiger partial charge in [-0.1, -0.05) is 23.4 Å². The molecule has 0 aliphatic rings. The third-order valence-corrected chi connectivity index (χ3v) is 3.62. The molecule has 0 unspecified atom stereocenters. The van der Waals surface area contributed by atoms with Gasteiger partial charge < -0.3 is 14.6 Å². The third kappa shape index (κ3) is 4.24. The Hall–Kier alpha value is -3.22. The number of amides is 1. The summed E-state index contributed by atoms with van der Waals surface area (Å²) in [6.45, 7) is 1.72. The molecule has 5 nitrogen and oxygen atoms in total. The van der Waals surface area contributed by atoms with Crippen LogP contribution in [0.15, 0.2) is 59.1 Å². The maximum Gasteiger partial charge on any atom is 0.261 e. The minimum absolute atomic E-state index is 0.0909. The standard InChI is InChI=1S/C19H16F2N2O3/c1-12(25-15-5-3-2-4-6-15)19(24)22-11-14-10-18(26-23-14)16-8-7-13(20)9-17(16)21/h2-10,12H,11H2,1H3,(H,22,24)/t12-/m1/s1. The van der Waals surface area contributed by atoms with E-state index in [9.17, 15) is 13.6 Å². The lowest BCUT2D eigenvalue weighted by atomic mass is 10.1. The summed E-state index contributed by atoms with van der Waals surface area (Å²) < 4.78 is 37.3. The van der Waals surface area contributed by atoms with Gasteiger partial charge in [0.05, 0.1) is 12.1 Å². The van der Waals surface area contributed by atoms with E-state index in [1.807, 2.05) is 18.2 Å². The first-order chi connectivity index (χ1) is 12.5. The molecule has 0 radical (unpaired) electrons. The Kier molecular flexibility index (Phi) is 5.26. The number of nitrogens with one attached hydrogen (secondary N) is 1.